The van der Waals surface area contributed by atoms with Crippen LogP contribution in [0, 0.1) is 5.82 Å². The Hall–Kier alpha value is -3.32. The van der Waals surface area contributed by atoms with Crippen LogP contribution in [-0.2, 0) is 16.1 Å². The number of nitrogens with zero attached hydrogens (tertiary/aromatic N) is 2. The Kier molecular flexibility index (Phi) is 5.81. The second kappa shape index (κ2) is 8.90. The fourth-order valence-corrected chi connectivity index (χ4v) is 4.62. The van der Waals surface area contributed by atoms with Crippen LogP contribution in [0.5, 0.6) is 0 Å². The topological polar surface area (TPSA) is 71.5 Å². The monoisotopic (exact) mass is 447 g/mol. The van der Waals surface area contributed by atoms with Crippen molar-refractivity contribution in [3.05, 3.63) is 77.2 Å². The molecule has 1 amide bonds. The number of nitrogens with one attached hydrogen (secondary N) is 1. The molecule has 0 spiro atoms. The molecule has 2 aliphatic rings. The van der Waals surface area contributed by atoms with E-state index in [9.17, 15) is 14.0 Å². The Bertz CT molecular complexity index is 1190. The maximum absolute atomic E-state index is 13.3. The van der Waals surface area contributed by atoms with Gasteiger partial charge in [-0.15, -0.1) is 0 Å². The number of methoxy groups -OCH3 is 1. The molecule has 2 fully saturated rings. The molecule has 2 heterocycles. The van der Waals surface area contributed by atoms with E-state index in [0.717, 1.165) is 35.0 Å². The lowest BCUT2D eigenvalue weighted by atomic mass is 10.0. The molecule has 1 N–H and O–H groups in total. The van der Waals surface area contributed by atoms with Crippen molar-refractivity contribution in [2.75, 3.05) is 13.7 Å². The first-order valence-electron chi connectivity index (χ1n) is 11.3. The molecule has 2 atom stereocenters. The molecule has 1 saturated heterocycles. The fraction of sp³-hybridized carbons (Fsp3) is 0.346. The Morgan fingerprint density at radius 1 is 1.15 bits per heavy atom. The SMILES string of the molecule is COC(=O)[C@@H]1C[C@@H](NC(=O)c2cc(C3CC3)nc3ccccc23)CN1Cc1ccc(F)cc1. The summed E-state index contributed by atoms with van der Waals surface area (Å²) in [4.78, 5) is 32.5. The molecule has 7 heteroatoms. The van der Waals surface area contributed by atoms with Gasteiger partial charge in [0.15, 0.2) is 0 Å². The number of likely N-dealkylation sites (tertiary alicyclic amines) is 1. The lowest BCUT2D eigenvalue weighted by Gasteiger charge is -2.22. The van der Waals surface area contributed by atoms with E-state index in [4.69, 9.17) is 9.72 Å². The van der Waals surface area contributed by atoms with Crippen molar-refractivity contribution in [2.24, 2.45) is 0 Å². The third kappa shape index (κ3) is 4.59. The third-order valence-electron chi connectivity index (χ3n) is 6.49. The van der Waals surface area contributed by atoms with E-state index in [1.54, 1.807) is 12.1 Å². The number of hydrogen-bond acceptors (Lipinski definition) is 5. The van der Waals surface area contributed by atoms with Crippen LogP contribution in [-0.4, -0.2) is 47.5 Å². The lowest BCUT2D eigenvalue weighted by molar-refractivity contribution is -0.146. The van der Waals surface area contributed by atoms with Gasteiger partial charge in [0.25, 0.3) is 5.91 Å². The number of ether oxygens (including phenoxy) is 1. The third-order valence-corrected chi connectivity index (χ3v) is 6.49. The van der Waals surface area contributed by atoms with Crippen LogP contribution in [0.25, 0.3) is 10.9 Å². The minimum Gasteiger partial charge on any atom is -0.468 e. The number of amides is 1. The Morgan fingerprint density at radius 2 is 1.91 bits per heavy atom. The zero-order valence-corrected chi connectivity index (χ0v) is 18.5. The second-order valence-electron chi connectivity index (χ2n) is 8.89. The Balaban J connectivity index is 1.36. The molecule has 1 aliphatic carbocycles. The van der Waals surface area contributed by atoms with Crippen LogP contribution in [0.3, 0.4) is 0 Å². The summed E-state index contributed by atoms with van der Waals surface area (Å²) >= 11 is 0. The summed E-state index contributed by atoms with van der Waals surface area (Å²) in [5.41, 5.74) is 3.31. The predicted octanol–water partition coefficient (Wildman–Crippen LogP) is 3.80. The van der Waals surface area contributed by atoms with Crippen LogP contribution < -0.4 is 5.32 Å². The molecule has 0 radical (unpaired) electrons. The number of aromatic nitrogens is 1. The maximum atomic E-state index is 13.3. The number of fused-ring (bicyclic) bond motifs is 1. The standard InChI is InChI=1S/C26H26FN3O3/c1-33-26(32)24-12-19(15-30(24)14-16-6-10-18(27)11-7-16)28-25(31)21-13-23(17-8-9-17)29-22-5-3-2-4-20(21)22/h2-7,10-11,13,17,19,24H,8-9,12,14-15H2,1H3,(H,28,31)/t19-,24+/m1/s1. The summed E-state index contributed by atoms with van der Waals surface area (Å²) in [5.74, 6) is -0.362. The van der Waals surface area contributed by atoms with Crippen molar-refractivity contribution in [3.63, 3.8) is 0 Å². The van der Waals surface area contributed by atoms with E-state index in [-0.39, 0.29) is 23.7 Å². The summed E-state index contributed by atoms with van der Waals surface area (Å²) in [6.45, 7) is 0.970. The van der Waals surface area contributed by atoms with Gasteiger partial charge in [0, 0.05) is 36.1 Å². The first kappa shape index (κ1) is 21.5. The number of rotatable bonds is 6. The molecule has 3 aromatic rings. The van der Waals surface area contributed by atoms with Crippen LogP contribution in [0.15, 0.2) is 54.6 Å². The maximum Gasteiger partial charge on any atom is 0.323 e. The largest absolute Gasteiger partial charge is 0.468 e. The second-order valence-corrected chi connectivity index (χ2v) is 8.89. The van der Waals surface area contributed by atoms with Crippen molar-refractivity contribution >= 4 is 22.8 Å². The Labute approximate surface area is 191 Å². The van der Waals surface area contributed by atoms with Gasteiger partial charge >= 0.3 is 5.97 Å². The average Bonchev–Trinajstić information content (AvgIpc) is 3.61. The van der Waals surface area contributed by atoms with Crippen molar-refractivity contribution < 1.29 is 18.7 Å². The number of para-hydroxylation sites is 1. The van der Waals surface area contributed by atoms with Crippen LogP contribution in [0.2, 0.25) is 0 Å². The highest BCUT2D eigenvalue weighted by molar-refractivity contribution is 6.06. The van der Waals surface area contributed by atoms with E-state index in [0.29, 0.717) is 31.0 Å². The van der Waals surface area contributed by atoms with E-state index in [1.807, 2.05) is 35.2 Å². The molecule has 1 aliphatic heterocycles. The summed E-state index contributed by atoms with van der Waals surface area (Å²) in [7, 11) is 1.37. The van der Waals surface area contributed by atoms with Gasteiger partial charge in [0.1, 0.15) is 11.9 Å². The van der Waals surface area contributed by atoms with Gasteiger partial charge in [-0.25, -0.2) is 4.39 Å². The molecule has 2 aromatic carbocycles. The fourth-order valence-electron chi connectivity index (χ4n) is 4.62. The molecular formula is C26H26FN3O3. The number of carbonyl (C=O) groups is 2. The summed E-state index contributed by atoms with van der Waals surface area (Å²) < 4.78 is 18.3. The number of pyridine rings is 1. The lowest BCUT2D eigenvalue weighted by Crippen LogP contribution is -2.37. The number of carbonyl (C=O) groups excluding carboxylic acids is 2. The van der Waals surface area contributed by atoms with Crippen LogP contribution in [0.4, 0.5) is 4.39 Å². The zero-order chi connectivity index (χ0) is 22.9. The van der Waals surface area contributed by atoms with Gasteiger partial charge in [-0.1, -0.05) is 30.3 Å². The highest BCUT2D eigenvalue weighted by Gasteiger charge is 2.38. The Morgan fingerprint density at radius 3 is 2.64 bits per heavy atom. The highest BCUT2D eigenvalue weighted by Crippen LogP contribution is 2.40. The molecule has 0 bridgehead atoms. The van der Waals surface area contributed by atoms with Crippen LogP contribution in [0.1, 0.15) is 46.8 Å². The molecule has 1 saturated carbocycles. The van der Waals surface area contributed by atoms with E-state index in [2.05, 4.69) is 5.32 Å². The van der Waals surface area contributed by atoms with Gasteiger partial charge < -0.3 is 10.1 Å². The van der Waals surface area contributed by atoms with Gasteiger partial charge in [-0.3, -0.25) is 19.5 Å². The van der Waals surface area contributed by atoms with Gasteiger partial charge in [0.05, 0.1) is 18.2 Å². The number of hydrogen-bond donors (Lipinski definition) is 1. The molecule has 0 unspecified atom stereocenters. The van der Waals surface area contributed by atoms with Crippen molar-refractivity contribution in [2.45, 2.75) is 43.8 Å². The smallest absolute Gasteiger partial charge is 0.323 e. The van der Waals surface area contributed by atoms with Crippen molar-refractivity contribution in [1.82, 2.24) is 15.2 Å². The molecule has 6 nitrogen and oxygen atoms in total. The van der Waals surface area contributed by atoms with Crippen molar-refractivity contribution in [3.8, 4) is 0 Å². The number of esters is 1. The van der Waals surface area contributed by atoms with E-state index in [1.165, 1.54) is 19.2 Å². The minimum absolute atomic E-state index is 0.159. The quantitative estimate of drug-likeness (QED) is 0.582. The summed E-state index contributed by atoms with van der Waals surface area (Å²) in [6, 6.07) is 15.2. The molecular weight excluding hydrogens is 421 g/mol. The van der Waals surface area contributed by atoms with E-state index < -0.39 is 6.04 Å². The molecule has 5 rings (SSSR count). The minimum atomic E-state index is -0.471. The number of benzene rings is 2. The average molecular weight is 448 g/mol. The normalized spacial score (nSPS) is 20.7. The first-order chi connectivity index (χ1) is 16.0. The van der Waals surface area contributed by atoms with Crippen molar-refractivity contribution in [1.29, 1.82) is 0 Å². The van der Waals surface area contributed by atoms with Gasteiger partial charge in [-0.05, 0) is 49.1 Å². The van der Waals surface area contributed by atoms with E-state index >= 15 is 0 Å². The molecule has 33 heavy (non-hydrogen) atoms. The van der Waals surface area contributed by atoms with Gasteiger partial charge in [0.2, 0.25) is 0 Å². The predicted molar refractivity (Wildman–Crippen MR) is 122 cm³/mol. The first-order valence-corrected chi connectivity index (χ1v) is 11.3. The summed E-state index contributed by atoms with van der Waals surface area (Å²) in [5, 5.41) is 3.96. The highest BCUT2D eigenvalue weighted by atomic mass is 19.1. The number of halogens is 1. The molecule has 170 valence electrons. The van der Waals surface area contributed by atoms with Crippen LogP contribution >= 0.6 is 0 Å². The van der Waals surface area contributed by atoms with Gasteiger partial charge in [-0.2, -0.15) is 0 Å². The molecule has 1 aromatic heterocycles. The summed E-state index contributed by atoms with van der Waals surface area (Å²) in [6.07, 6.45) is 2.67. The zero-order valence-electron chi connectivity index (χ0n) is 18.5.